The number of morpholine rings is 1. The summed E-state index contributed by atoms with van der Waals surface area (Å²) in [7, 11) is 0. The van der Waals surface area contributed by atoms with Gasteiger partial charge in [-0.2, -0.15) is 0 Å². The first-order valence-corrected chi connectivity index (χ1v) is 8.74. The number of nitrogens with zero attached hydrogens (tertiary/aromatic N) is 2. The van der Waals surface area contributed by atoms with Gasteiger partial charge < -0.3 is 15.0 Å². The first kappa shape index (κ1) is 18.1. The summed E-state index contributed by atoms with van der Waals surface area (Å²) >= 11 is 0. The van der Waals surface area contributed by atoms with Crippen molar-refractivity contribution < 1.29 is 14.3 Å². The average Bonchev–Trinajstić information content (AvgIpc) is 2.68. The van der Waals surface area contributed by atoms with Gasteiger partial charge in [0.05, 0.1) is 12.6 Å². The van der Waals surface area contributed by atoms with Gasteiger partial charge >= 0.3 is 0 Å². The molecule has 6 heteroatoms. The van der Waals surface area contributed by atoms with E-state index in [1.165, 1.54) is 5.56 Å². The monoisotopic (exact) mass is 353 g/mol. The second-order valence-electron chi connectivity index (χ2n) is 6.63. The first-order chi connectivity index (χ1) is 12.5. The molecule has 6 nitrogen and oxygen atoms in total. The molecule has 1 N–H and O–H groups in total. The highest BCUT2D eigenvalue weighted by molar-refractivity contribution is 5.95. The molecule has 0 aliphatic carbocycles. The van der Waals surface area contributed by atoms with E-state index >= 15 is 0 Å². The van der Waals surface area contributed by atoms with Crippen LogP contribution in [0.5, 0.6) is 0 Å². The van der Waals surface area contributed by atoms with Crippen molar-refractivity contribution in [2.45, 2.75) is 25.9 Å². The Morgan fingerprint density at radius 2 is 1.92 bits per heavy atom. The summed E-state index contributed by atoms with van der Waals surface area (Å²) in [6.45, 7) is 5.04. The number of nitrogens with one attached hydrogen (secondary N) is 1. The van der Waals surface area contributed by atoms with Crippen LogP contribution in [-0.2, 0) is 9.53 Å². The summed E-state index contributed by atoms with van der Waals surface area (Å²) in [5.41, 5.74) is 2.64. The molecule has 0 saturated carbocycles. The van der Waals surface area contributed by atoms with Gasteiger partial charge in [-0.05, 0) is 35.7 Å². The number of aromatic nitrogens is 1. The molecule has 0 spiro atoms. The van der Waals surface area contributed by atoms with Crippen molar-refractivity contribution in [2.75, 3.05) is 24.6 Å². The molecule has 1 aliphatic heterocycles. The summed E-state index contributed by atoms with van der Waals surface area (Å²) in [5.74, 6) is 0.195. The minimum Gasteiger partial charge on any atom is -0.365 e. The zero-order valence-corrected chi connectivity index (χ0v) is 15.0. The average molecular weight is 353 g/mol. The molecule has 0 bridgehead atoms. The van der Waals surface area contributed by atoms with E-state index in [1.54, 1.807) is 29.4 Å². The van der Waals surface area contributed by atoms with E-state index in [2.05, 4.69) is 24.1 Å². The molecule has 1 unspecified atom stereocenters. The van der Waals surface area contributed by atoms with Crippen LogP contribution in [0.1, 0.15) is 35.7 Å². The van der Waals surface area contributed by atoms with Crippen molar-refractivity contribution in [1.29, 1.82) is 0 Å². The number of amides is 2. The molecule has 1 aliphatic rings. The molecule has 26 heavy (non-hydrogen) atoms. The number of anilines is 1. The van der Waals surface area contributed by atoms with Gasteiger partial charge in [-0.15, -0.1) is 0 Å². The fourth-order valence-corrected chi connectivity index (χ4v) is 2.85. The molecule has 1 aromatic heterocycles. The fraction of sp³-hybridized carbons (Fsp3) is 0.350. The second-order valence-corrected chi connectivity index (χ2v) is 6.63. The third kappa shape index (κ3) is 4.26. The van der Waals surface area contributed by atoms with Gasteiger partial charge in [-0.3, -0.25) is 14.6 Å². The number of carbonyl (C=O) groups excluding carboxylic acids is 2. The van der Waals surface area contributed by atoms with Crippen molar-refractivity contribution in [3.05, 3.63) is 59.9 Å². The molecule has 1 fully saturated rings. The lowest BCUT2D eigenvalue weighted by Gasteiger charge is -2.33. The van der Waals surface area contributed by atoms with Crippen LogP contribution in [-0.4, -0.2) is 42.6 Å². The smallest absolute Gasteiger partial charge is 0.253 e. The predicted octanol–water partition coefficient (Wildman–Crippen LogP) is 2.37. The van der Waals surface area contributed by atoms with E-state index in [9.17, 15) is 9.59 Å². The lowest BCUT2D eigenvalue weighted by molar-refractivity contribution is -0.129. The van der Waals surface area contributed by atoms with Crippen LogP contribution in [0, 0.1) is 0 Å². The maximum Gasteiger partial charge on any atom is 0.253 e. The van der Waals surface area contributed by atoms with Gasteiger partial charge in [-0.25, -0.2) is 0 Å². The minimum atomic E-state index is -0.247. The van der Waals surface area contributed by atoms with E-state index in [0.29, 0.717) is 24.6 Å². The van der Waals surface area contributed by atoms with Crippen LogP contribution in [0.25, 0.3) is 0 Å². The summed E-state index contributed by atoms with van der Waals surface area (Å²) in [6, 6.07) is 11.3. The first-order valence-electron chi connectivity index (χ1n) is 8.74. The Hall–Kier alpha value is -2.73. The summed E-state index contributed by atoms with van der Waals surface area (Å²) < 4.78 is 5.57. The number of benzene rings is 1. The molecular formula is C20H23N3O3. The molecular weight excluding hydrogens is 330 g/mol. The Bertz CT molecular complexity index is 760. The molecule has 2 aromatic rings. The zero-order chi connectivity index (χ0) is 18.5. The quantitative estimate of drug-likeness (QED) is 0.896. The third-order valence-electron chi connectivity index (χ3n) is 4.43. The van der Waals surface area contributed by atoms with E-state index < -0.39 is 0 Å². The van der Waals surface area contributed by atoms with Crippen LogP contribution in [0.3, 0.4) is 0 Å². The van der Waals surface area contributed by atoms with Crippen LogP contribution in [0.4, 0.5) is 5.69 Å². The maximum atomic E-state index is 12.2. The number of hydrogen-bond donors (Lipinski definition) is 1. The number of carbonyl (C=O) groups is 2. The van der Waals surface area contributed by atoms with Crippen molar-refractivity contribution >= 4 is 17.5 Å². The van der Waals surface area contributed by atoms with E-state index in [-0.39, 0.29) is 24.5 Å². The van der Waals surface area contributed by atoms with Crippen LogP contribution in [0.15, 0.2) is 48.8 Å². The Labute approximate surface area is 153 Å². The molecule has 0 radical (unpaired) electrons. The lowest BCUT2D eigenvalue weighted by Crippen LogP contribution is -2.50. The van der Waals surface area contributed by atoms with Crippen molar-refractivity contribution in [1.82, 2.24) is 10.3 Å². The Balaban J connectivity index is 1.61. The Morgan fingerprint density at radius 3 is 2.58 bits per heavy atom. The molecule has 1 atom stereocenters. The normalized spacial score (nSPS) is 17.4. The van der Waals surface area contributed by atoms with Crippen LogP contribution < -0.4 is 10.2 Å². The maximum absolute atomic E-state index is 12.2. The summed E-state index contributed by atoms with van der Waals surface area (Å²) in [5, 5.41) is 2.85. The number of pyridine rings is 1. The lowest BCUT2D eigenvalue weighted by atomic mass is 10.0. The minimum absolute atomic E-state index is 0.0156. The summed E-state index contributed by atoms with van der Waals surface area (Å²) in [6.07, 6.45) is 2.91. The van der Waals surface area contributed by atoms with Crippen LogP contribution >= 0.6 is 0 Å². The standard InChI is InChI=1S/C20H23N3O3/c1-14(2)15-3-5-17(6-4-15)23-12-18(26-13-19(23)24)11-22-20(25)16-7-9-21-10-8-16/h3-10,14,18H,11-13H2,1-2H3,(H,22,25). The number of rotatable bonds is 5. The highest BCUT2D eigenvalue weighted by Crippen LogP contribution is 2.22. The van der Waals surface area contributed by atoms with Gasteiger partial charge in [0.25, 0.3) is 11.8 Å². The molecule has 2 heterocycles. The van der Waals surface area contributed by atoms with Gasteiger partial charge in [0, 0.05) is 30.2 Å². The van der Waals surface area contributed by atoms with Gasteiger partial charge in [-0.1, -0.05) is 26.0 Å². The predicted molar refractivity (Wildman–Crippen MR) is 99.2 cm³/mol. The fourth-order valence-electron chi connectivity index (χ4n) is 2.85. The van der Waals surface area contributed by atoms with Gasteiger partial charge in [0.1, 0.15) is 6.61 Å². The van der Waals surface area contributed by atoms with E-state index in [1.807, 2.05) is 24.3 Å². The van der Waals surface area contributed by atoms with E-state index in [0.717, 1.165) is 5.69 Å². The van der Waals surface area contributed by atoms with Gasteiger partial charge in [0.15, 0.2) is 0 Å². The molecule has 3 rings (SSSR count). The second kappa shape index (κ2) is 8.10. The van der Waals surface area contributed by atoms with Crippen molar-refractivity contribution in [3.63, 3.8) is 0 Å². The molecule has 1 saturated heterocycles. The zero-order valence-electron chi connectivity index (χ0n) is 15.0. The molecule has 136 valence electrons. The highest BCUT2D eigenvalue weighted by Gasteiger charge is 2.27. The van der Waals surface area contributed by atoms with Crippen molar-refractivity contribution in [2.24, 2.45) is 0 Å². The van der Waals surface area contributed by atoms with Crippen molar-refractivity contribution in [3.8, 4) is 0 Å². The molecule has 1 aromatic carbocycles. The highest BCUT2D eigenvalue weighted by atomic mass is 16.5. The largest absolute Gasteiger partial charge is 0.365 e. The Morgan fingerprint density at radius 1 is 1.23 bits per heavy atom. The van der Waals surface area contributed by atoms with Gasteiger partial charge in [0.2, 0.25) is 0 Å². The number of ether oxygens (including phenoxy) is 1. The number of hydrogen-bond acceptors (Lipinski definition) is 4. The third-order valence-corrected chi connectivity index (χ3v) is 4.43. The topological polar surface area (TPSA) is 71.5 Å². The van der Waals surface area contributed by atoms with E-state index in [4.69, 9.17) is 4.74 Å². The van der Waals surface area contributed by atoms with Crippen LogP contribution in [0.2, 0.25) is 0 Å². The summed E-state index contributed by atoms with van der Waals surface area (Å²) in [4.78, 5) is 30.0. The SMILES string of the molecule is CC(C)c1ccc(N2CC(CNC(=O)c3ccncc3)OCC2=O)cc1. The Kier molecular flexibility index (Phi) is 5.63. The molecule has 2 amide bonds.